The summed E-state index contributed by atoms with van der Waals surface area (Å²) in [4.78, 5) is 11.1. The van der Waals surface area contributed by atoms with Gasteiger partial charge in [-0.2, -0.15) is 0 Å². The average molecular weight is 272 g/mol. The van der Waals surface area contributed by atoms with Gasteiger partial charge in [-0.3, -0.25) is 4.79 Å². The van der Waals surface area contributed by atoms with Gasteiger partial charge in [0.2, 0.25) is 5.91 Å². The van der Waals surface area contributed by atoms with E-state index in [0.717, 1.165) is 0 Å². The second-order valence-electron chi connectivity index (χ2n) is 3.97. The Kier molecular flexibility index (Phi) is 5.95. The summed E-state index contributed by atoms with van der Waals surface area (Å²) in [6.45, 7) is 0. The number of halogens is 1. The number of nitrogens with one attached hydrogen (secondary N) is 1. The van der Waals surface area contributed by atoms with Crippen LogP contribution in [0.5, 0.6) is 5.75 Å². The van der Waals surface area contributed by atoms with Gasteiger partial charge in [0.25, 0.3) is 0 Å². The van der Waals surface area contributed by atoms with Crippen LogP contribution >= 0.6 is 11.6 Å². The predicted molar refractivity (Wildman–Crippen MR) is 70.9 cm³/mol. The van der Waals surface area contributed by atoms with E-state index in [9.17, 15) is 9.90 Å². The monoisotopic (exact) mass is 271 g/mol. The minimum atomic E-state index is -0.677. The fourth-order valence-electron chi connectivity index (χ4n) is 1.70. The van der Waals surface area contributed by atoms with Crippen LogP contribution in [-0.2, 0) is 4.79 Å². The maximum Gasteiger partial charge on any atom is 0.219 e. The predicted octanol–water partition coefficient (Wildman–Crippen LogP) is 2.30. The zero-order valence-corrected chi connectivity index (χ0v) is 11.3. The van der Waals surface area contributed by atoms with E-state index in [-0.39, 0.29) is 5.91 Å². The number of hydrogen-bond acceptors (Lipinski definition) is 3. The molecule has 100 valence electrons. The molecular weight excluding hydrogens is 254 g/mol. The van der Waals surface area contributed by atoms with Gasteiger partial charge in [0, 0.05) is 24.1 Å². The molecule has 0 aliphatic heterocycles. The third kappa shape index (κ3) is 4.20. The molecule has 0 bridgehead atoms. The van der Waals surface area contributed by atoms with Gasteiger partial charge >= 0.3 is 0 Å². The summed E-state index contributed by atoms with van der Waals surface area (Å²) < 4.78 is 5.17. The van der Waals surface area contributed by atoms with Crippen LogP contribution in [0, 0.1) is 0 Å². The lowest BCUT2D eigenvalue weighted by atomic mass is 10.0. The van der Waals surface area contributed by atoms with E-state index in [1.807, 2.05) is 0 Å². The highest BCUT2D eigenvalue weighted by Gasteiger charge is 2.14. The molecule has 1 rings (SSSR count). The van der Waals surface area contributed by atoms with E-state index in [2.05, 4.69) is 5.32 Å². The molecule has 2 N–H and O–H groups in total. The molecule has 0 fully saturated rings. The normalized spacial score (nSPS) is 12.0. The Morgan fingerprint density at radius 2 is 2.28 bits per heavy atom. The summed E-state index contributed by atoms with van der Waals surface area (Å²) >= 11 is 5.89. The van der Waals surface area contributed by atoms with Crippen LogP contribution in [-0.4, -0.2) is 25.2 Å². The lowest BCUT2D eigenvalue weighted by Crippen LogP contribution is -2.17. The number of hydrogen-bond donors (Lipinski definition) is 2. The molecule has 4 nitrogen and oxygen atoms in total. The summed E-state index contributed by atoms with van der Waals surface area (Å²) in [5, 5.41) is 13.2. The van der Waals surface area contributed by atoms with Crippen molar-refractivity contribution in [3.8, 4) is 5.75 Å². The number of carbonyl (C=O) groups excluding carboxylic acids is 1. The van der Waals surface area contributed by atoms with Crippen molar-refractivity contribution in [1.82, 2.24) is 5.32 Å². The molecule has 0 saturated heterocycles. The molecule has 5 heteroatoms. The molecule has 18 heavy (non-hydrogen) atoms. The highest BCUT2D eigenvalue weighted by Crippen LogP contribution is 2.30. The molecule has 0 aromatic heterocycles. The number of aliphatic hydroxyl groups excluding tert-OH is 1. The molecule has 0 aliphatic carbocycles. The second-order valence-corrected chi connectivity index (χ2v) is 4.40. The number of aliphatic hydroxyl groups is 1. The molecule has 1 aromatic carbocycles. The van der Waals surface area contributed by atoms with Gasteiger partial charge in [0.05, 0.1) is 13.2 Å². The molecular formula is C13H18ClNO3. The van der Waals surface area contributed by atoms with Gasteiger partial charge in [0.1, 0.15) is 5.75 Å². The number of carbonyl (C=O) groups is 1. The topological polar surface area (TPSA) is 58.6 Å². The van der Waals surface area contributed by atoms with E-state index in [4.69, 9.17) is 16.3 Å². The van der Waals surface area contributed by atoms with E-state index < -0.39 is 6.10 Å². The van der Waals surface area contributed by atoms with Crippen LogP contribution in [0.1, 0.15) is 30.9 Å². The van der Waals surface area contributed by atoms with Gasteiger partial charge in [-0.15, -0.1) is 0 Å². The Hall–Kier alpha value is -1.26. The van der Waals surface area contributed by atoms with E-state index in [1.165, 1.54) is 0 Å². The first-order chi connectivity index (χ1) is 8.58. The molecule has 0 heterocycles. The quantitative estimate of drug-likeness (QED) is 0.835. The maximum absolute atomic E-state index is 11.1. The SMILES string of the molecule is CNC(=O)CCCC(O)c1cc(Cl)ccc1OC. The van der Waals surface area contributed by atoms with Crippen LogP contribution in [0.25, 0.3) is 0 Å². The third-order valence-corrected chi connectivity index (χ3v) is 2.95. The molecule has 1 amide bonds. The van der Waals surface area contributed by atoms with Crippen molar-refractivity contribution in [3.05, 3.63) is 28.8 Å². The zero-order chi connectivity index (χ0) is 13.5. The zero-order valence-electron chi connectivity index (χ0n) is 10.6. The lowest BCUT2D eigenvalue weighted by molar-refractivity contribution is -0.120. The molecule has 0 spiro atoms. The third-order valence-electron chi connectivity index (χ3n) is 2.71. The van der Waals surface area contributed by atoms with Crippen molar-refractivity contribution >= 4 is 17.5 Å². The smallest absolute Gasteiger partial charge is 0.219 e. The van der Waals surface area contributed by atoms with Gasteiger partial charge in [-0.25, -0.2) is 0 Å². The van der Waals surface area contributed by atoms with E-state index in [1.54, 1.807) is 32.4 Å². The summed E-state index contributed by atoms with van der Waals surface area (Å²) in [6, 6.07) is 5.12. The van der Waals surface area contributed by atoms with Crippen molar-refractivity contribution in [2.75, 3.05) is 14.2 Å². The summed E-state index contributed by atoms with van der Waals surface area (Å²) in [5.41, 5.74) is 0.655. The highest BCUT2D eigenvalue weighted by molar-refractivity contribution is 6.30. The Bertz CT molecular complexity index is 409. The molecule has 1 unspecified atom stereocenters. The van der Waals surface area contributed by atoms with Crippen molar-refractivity contribution in [1.29, 1.82) is 0 Å². The van der Waals surface area contributed by atoms with E-state index in [0.29, 0.717) is 35.6 Å². The molecule has 0 aliphatic rings. The van der Waals surface area contributed by atoms with Gasteiger partial charge < -0.3 is 15.2 Å². The van der Waals surface area contributed by atoms with Crippen LogP contribution < -0.4 is 10.1 Å². The lowest BCUT2D eigenvalue weighted by Gasteiger charge is -2.15. The minimum Gasteiger partial charge on any atom is -0.496 e. The van der Waals surface area contributed by atoms with Gasteiger partial charge in [0.15, 0.2) is 0 Å². The Balaban J connectivity index is 2.62. The fraction of sp³-hybridized carbons (Fsp3) is 0.462. The summed E-state index contributed by atoms with van der Waals surface area (Å²) in [6.07, 6.45) is 0.820. The Morgan fingerprint density at radius 3 is 2.89 bits per heavy atom. The fourth-order valence-corrected chi connectivity index (χ4v) is 1.88. The molecule has 0 saturated carbocycles. The standard InChI is InChI=1S/C13H18ClNO3/c1-15-13(17)5-3-4-11(16)10-8-9(14)6-7-12(10)18-2/h6-8,11,16H,3-5H2,1-2H3,(H,15,17). The van der Waals surface area contributed by atoms with Crippen LogP contribution in [0.2, 0.25) is 5.02 Å². The summed E-state index contributed by atoms with van der Waals surface area (Å²) in [7, 11) is 3.14. The number of rotatable bonds is 6. The van der Waals surface area contributed by atoms with Crippen molar-refractivity contribution in [2.24, 2.45) is 0 Å². The van der Waals surface area contributed by atoms with Crippen LogP contribution in [0.15, 0.2) is 18.2 Å². The number of benzene rings is 1. The van der Waals surface area contributed by atoms with Crippen LogP contribution in [0.4, 0.5) is 0 Å². The number of amides is 1. The minimum absolute atomic E-state index is 0.0275. The van der Waals surface area contributed by atoms with Crippen molar-refractivity contribution in [3.63, 3.8) is 0 Å². The second kappa shape index (κ2) is 7.24. The molecule has 1 aromatic rings. The first-order valence-corrected chi connectivity index (χ1v) is 6.18. The summed E-state index contributed by atoms with van der Waals surface area (Å²) in [5.74, 6) is 0.576. The number of ether oxygens (including phenoxy) is 1. The Morgan fingerprint density at radius 1 is 1.56 bits per heavy atom. The first kappa shape index (κ1) is 14.8. The van der Waals surface area contributed by atoms with E-state index >= 15 is 0 Å². The highest BCUT2D eigenvalue weighted by atomic mass is 35.5. The molecule has 0 radical (unpaired) electrons. The largest absolute Gasteiger partial charge is 0.496 e. The van der Waals surface area contributed by atoms with Crippen LogP contribution in [0.3, 0.4) is 0 Å². The van der Waals surface area contributed by atoms with Gasteiger partial charge in [-0.1, -0.05) is 11.6 Å². The first-order valence-electron chi connectivity index (χ1n) is 5.80. The van der Waals surface area contributed by atoms with Gasteiger partial charge in [-0.05, 0) is 31.0 Å². The van der Waals surface area contributed by atoms with Crippen molar-refractivity contribution in [2.45, 2.75) is 25.4 Å². The maximum atomic E-state index is 11.1. The van der Waals surface area contributed by atoms with Crippen molar-refractivity contribution < 1.29 is 14.6 Å². The molecule has 1 atom stereocenters. The Labute approximate surface area is 112 Å². The number of methoxy groups -OCH3 is 1. The average Bonchev–Trinajstić information content (AvgIpc) is 2.38.